The lowest BCUT2D eigenvalue weighted by atomic mass is 10.8. The van der Waals surface area contributed by atoms with E-state index in [-0.39, 0.29) is 0 Å². The van der Waals surface area contributed by atoms with Crippen LogP contribution in [0.25, 0.3) is 0 Å². The minimum atomic E-state index is -1.55. The zero-order valence-electron chi connectivity index (χ0n) is 11.0. The van der Waals surface area contributed by atoms with E-state index in [0.29, 0.717) is 12.6 Å². The predicted molar refractivity (Wildman–Crippen MR) is 75.1 cm³/mol. The molecule has 0 unspecified atom stereocenters. The van der Waals surface area contributed by atoms with E-state index < -0.39 is 15.5 Å². The van der Waals surface area contributed by atoms with Crippen molar-refractivity contribution < 1.29 is 9.16 Å². The molecule has 5 heteroatoms. The highest BCUT2D eigenvalue weighted by Crippen LogP contribution is 2.24. The van der Waals surface area contributed by atoms with Gasteiger partial charge in [-0.25, -0.2) is 0 Å². The summed E-state index contributed by atoms with van der Waals surface area (Å²) in [5.74, 6) is 0.712. The Bertz CT molecular complexity index is 216. The van der Waals surface area contributed by atoms with E-state index in [4.69, 9.17) is 9.16 Å². The first-order chi connectivity index (χ1) is 6.64. The third-order valence-electron chi connectivity index (χ3n) is 1.20. The normalized spacial score (nSPS) is 13.9. The molecule has 0 aromatic carbocycles. The summed E-state index contributed by atoms with van der Waals surface area (Å²) in [5.41, 5.74) is 0. The second-order valence-corrected chi connectivity index (χ2v) is 18.8. The summed E-state index contributed by atoms with van der Waals surface area (Å²) < 4.78 is 11.3. The lowest BCUT2D eigenvalue weighted by Crippen LogP contribution is -2.25. The zero-order chi connectivity index (χ0) is 12.1. The van der Waals surface area contributed by atoms with Crippen LogP contribution >= 0.6 is 11.2 Å². The van der Waals surface area contributed by atoms with Gasteiger partial charge < -0.3 is 9.16 Å². The number of hydrogen-bond acceptors (Lipinski definition) is 3. The molecule has 0 saturated carbocycles. The first-order valence-electron chi connectivity index (χ1n) is 5.34. The Morgan fingerprint density at radius 3 is 2.00 bits per heavy atom. The Labute approximate surface area is 100 Å². The topological polar surface area (TPSA) is 18.5 Å². The average molecular weight is 265 g/mol. The van der Waals surface area contributed by atoms with Crippen LogP contribution in [0.2, 0.25) is 39.3 Å². The summed E-state index contributed by atoms with van der Waals surface area (Å²) in [6, 6.07) is 0. The minimum Gasteiger partial charge on any atom is -0.519 e. The second kappa shape index (κ2) is 6.01. The fourth-order valence-electron chi connectivity index (χ4n) is 0.756. The quantitative estimate of drug-likeness (QED) is 0.528. The molecule has 0 atom stereocenters. The first-order valence-corrected chi connectivity index (χ1v) is 13.8. The maximum atomic E-state index is 5.85. The van der Waals surface area contributed by atoms with Crippen LogP contribution in [0.4, 0.5) is 0 Å². The largest absolute Gasteiger partial charge is 0.519 e. The summed E-state index contributed by atoms with van der Waals surface area (Å²) in [5, 5.41) is 2.05. The van der Waals surface area contributed by atoms with Gasteiger partial charge in [0, 0.05) is 5.41 Å². The van der Waals surface area contributed by atoms with E-state index in [0.717, 1.165) is 0 Å². The van der Waals surface area contributed by atoms with Crippen LogP contribution in [0.1, 0.15) is 6.92 Å². The van der Waals surface area contributed by atoms with Crippen LogP contribution in [0.15, 0.2) is 11.4 Å². The van der Waals surface area contributed by atoms with Crippen LogP contribution < -0.4 is 0 Å². The van der Waals surface area contributed by atoms with E-state index in [1.165, 1.54) is 0 Å². The third-order valence-corrected chi connectivity index (χ3v) is 5.51. The molecule has 0 aliphatic carbocycles. The van der Waals surface area contributed by atoms with E-state index in [9.17, 15) is 0 Å². The predicted octanol–water partition coefficient (Wildman–Crippen LogP) is 4.24. The number of hydrogen-bond donors (Lipinski definition) is 0. The van der Waals surface area contributed by atoms with E-state index in [1.807, 2.05) is 23.5 Å². The van der Waals surface area contributed by atoms with Gasteiger partial charge >= 0.3 is 0 Å². The molecule has 0 bridgehead atoms. The molecule has 0 rings (SSSR count). The monoisotopic (exact) mass is 264 g/mol. The van der Waals surface area contributed by atoms with Gasteiger partial charge in [-0.2, -0.15) is 11.2 Å². The number of rotatable bonds is 6. The maximum absolute atomic E-state index is 5.85. The van der Waals surface area contributed by atoms with Crippen LogP contribution in [-0.2, 0) is 9.16 Å². The summed E-state index contributed by atoms with van der Waals surface area (Å²) >= 11 is 1.87. The molecule has 0 spiro atoms. The third kappa shape index (κ3) is 10.4. The minimum absolute atomic E-state index is 0.669. The molecule has 0 radical (unpaired) electrons. The van der Waals surface area contributed by atoms with E-state index in [2.05, 4.69) is 39.3 Å². The van der Waals surface area contributed by atoms with Crippen molar-refractivity contribution in [3.05, 3.63) is 11.4 Å². The first kappa shape index (κ1) is 15.1. The van der Waals surface area contributed by atoms with Crippen LogP contribution in [-0.4, -0.2) is 22.1 Å². The standard InChI is InChI=1S/C10H24O2SSi2/c1-8-11-10(12-14(2,3)4)9-13-15(5,6)7/h9H,8H2,1-7H3/b10-9+. The van der Waals surface area contributed by atoms with Gasteiger partial charge in [0.25, 0.3) is 5.95 Å². The molecule has 0 aromatic rings. The van der Waals surface area contributed by atoms with Crippen LogP contribution in [0.3, 0.4) is 0 Å². The van der Waals surface area contributed by atoms with Crippen molar-refractivity contribution in [1.82, 2.24) is 0 Å². The average Bonchev–Trinajstić information content (AvgIpc) is 1.96. The highest BCUT2D eigenvalue weighted by molar-refractivity contribution is 8.30. The molecule has 0 aliphatic heterocycles. The Kier molecular flexibility index (Phi) is 6.06. The fourth-order valence-corrected chi connectivity index (χ4v) is 3.48. The molecular formula is C10H24O2SSi2. The Balaban J connectivity index is 4.38. The molecule has 0 aliphatic rings. The van der Waals surface area contributed by atoms with Crippen molar-refractivity contribution >= 4 is 26.8 Å². The summed E-state index contributed by atoms with van der Waals surface area (Å²) in [7, 11) is -2.67. The van der Waals surface area contributed by atoms with E-state index >= 15 is 0 Å². The molecule has 15 heavy (non-hydrogen) atoms. The van der Waals surface area contributed by atoms with Crippen molar-refractivity contribution in [3.8, 4) is 0 Å². The van der Waals surface area contributed by atoms with Gasteiger partial charge in [0.15, 0.2) is 0 Å². The lowest BCUT2D eigenvalue weighted by Gasteiger charge is -2.22. The smallest absolute Gasteiger partial charge is 0.271 e. The van der Waals surface area contributed by atoms with Gasteiger partial charge in [0.05, 0.1) is 6.61 Å². The van der Waals surface area contributed by atoms with Gasteiger partial charge in [0.1, 0.15) is 7.22 Å². The number of ether oxygens (including phenoxy) is 1. The Morgan fingerprint density at radius 2 is 1.67 bits per heavy atom. The van der Waals surface area contributed by atoms with Gasteiger partial charge in [-0.15, -0.1) is 0 Å². The maximum Gasteiger partial charge on any atom is 0.271 e. The SMILES string of the molecule is CCO/C(=C\S[Si](C)(C)C)O[Si](C)(C)C. The summed E-state index contributed by atoms with van der Waals surface area (Å²) in [6.07, 6.45) is 0. The summed E-state index contributed by atoms with van der Waals surface area (Å²) in [6.45, 7) is 16.1. The van der Waals surface area contributed by atoms with Crippen molar-refractivity contribution in [2.75, 3.05) is 6.61 Å². The van der Waals surface area contributed by atoms with Crippen LogP contribution in [0, 0.1) is 0 Å². The Hall–Kier alpha value is 0.124. The van der Waals surface area contributed by atoms with Crippen molar-refractivity contribution in [2.45, 2.75) is 46.2 Å². The van der Waals surface area contributed by atoms with Gasteiger partial charge in [-0.3, -0.25) is 0 Å². The molecule has 0 fully saturated rings. The second-order valence-electron chi connectivity index (χ2n) is 5.31. The fraction of sp³-hybridized carbons (Fsp3) is 0.800. The molecule has 0 heterocycles. The highest BCUT2D eigenvalue weighted by atomic mass is 32.4. The molecular weight excluding hydrogens is 240 g/mol. The van der Waals surface area contributed by atoms with Crippen molar-refractivity contribution in [3.63, 3.8) is 0 Å². The highest BCUT2D eigenvalue weighted by Gasteiger charge is 2.20. The van der Waals surface area contributed by atoms with Gasteiger partial charge in [-0.1, -0.05) is 19.6 Å². The molecule has 0 aromatic heterocycles. The molecule has 2 nitrogen and oxygen atoms in total. The summed E-state index contributed by atoms with van der Waals surface area (Å²) in [4.78, 5) is 0. The lowest BCUT2D eigenvalue weighted by molar-refractivity contribution is 0.113. The van der Waals surface area contributed by atoms with Gasteiger partial charge in [-0.05, 0) is 26.6 Å². The molecule has 90 valence electrons. The molecule has 0 saturated heterocycles. The van der Waals surface area contributed by atoms with E-state index in [1.54, 1.807) is 0 Å². The van der Waals surface area contributed by atoms with Crippen molar-refractivity contribution in [1.29, 1.82) is 0 Å². The zero-order valence-corrected chi connectivity index (χ0v) is 13.8. The van der Waals surface area contributed by atoms with Gasteiger partial charge in [0.2, 0.25) is 8.32 Å². The molecule has 0 amide bonds. The van der Waals surface area contributed by atoms with Crippen LogP contribution in [0.5, 0.6) is 0 Å². The van der Waals surface area contributed by atoms with Crippen molar-refractivity contribution in [2.24, 2.45) is 0 Å². The Morgan fingerprint density at radius 1 is 1.13 bits per heavy atom. The molecule has 0 N–H and O–H groups in total.